The zero-order chi connectivity index (χ0) is 14.1. The predicted octanol–water partition coefficient (Wildman–Crippen LogP) is 2.74. The van der Waals surface area contributed by atoms with Crippen LogP contribution in [0, 0.1) is 5.82 Å². The molecule has 20 heavy (non-hydrogen) atoms. The largest absolute Gasteiger partial charge is 0.494 e. The zero-order valence-corrected chi connectivity index (χ0v) is 10.7. The molecule has 0 radical (unpaired) electrons. The molecule has 0 atom stereocenters. The average Bonchev–Trinajstić information content (AvgIpc) is 2.49. The number of aromatic nitrogens is 2. The van der Waals surface area contributed by atoms with Crippen LogP contribution in [0.15, 0.2) is 47.3 Å². The van der Waals surface area contributed by atoms with Crippen molar-refractivity contribution in [2.75, 3.05) is 7.11 Å². The van der Waals surface area contributed by atoms with Crippen molar-refractivity contribution in [3.8, 4) is 17.0 Å². The van der Waals surface area contributed by atoms with E-state index in [2.05, 4.69) is 10.2 Å². The summed E-state index contributed by atoms with van der Waals surface area (Å²) in [5.74, 6) is -0.362. The molecule has 3 aromatic rings. The second-order valence-electron chi connectivity index (χ2n) is 4.27. The Bertz CT molecular complexity index is 843. The van der Waals surface area contributed by atoms with Gasteiger partial charge in [-0.1, -0.05) is 24.3 Å². The van der Waals surface area contributed by atoms with Gasteiger partial charge in [-0.2, -0.15) is 5.10 Å². The maximum Gasteiger partial charge on any atom is 0.272 e. The van der Waals surface area contributed by atoms with Crippen LogP contribution in [0.1, 0.15) is 0 Å². The van der Waals surface area contributed by atoms with E-state index in [1.54, 1.807) is 36.4 Å². The van der Waals surface area contributed by atoms with Crippen LogP contribution in [0.5, 0.6) is 5.75 Å². The molecule has 0 amide bonds. The zero-order valence-electron chi connectivity index (χ0n) is 10.7. The highest BCUT2D eigenvalue weighted by atomic mass is 19.1. The van der Waals surface area contributed by atoms with Crippen molar-refractivity contribution >= 4 is 10.8 Å². The third kappa shape index (κ3) is 1.84. The average molecular weight is 270 g/mol. The van der Waals surface area contributed by atoms with Crippen molar-refractivity contribution in [1.29, 1.82) is 0 Å². The number of rotatable bonds is 2. The molecule has 0 saturated carbocycles. The summed E-state index contributed by atoms with van der Waals surface area (Å²) >= 11 is 0. The Morgan fingerprint density at radius 3 is 2.60 bits per heavy atom. The van der Waals surface area contributed by atoms with Gasteiger partial charge in [-0.3, -0.25) is 4.79 Å². The molecule has 0 aliphatic heterocycles. The monoisotopic (exact) mass is 270 g/mol. The van der Waals surface area contributed by atoms with Crippen LogP contribution in [0.4, 0.5) is 4.39 Å². The minimum Gasteiger partial charge on any atom is -0.494 e. The molecule has 0 fully saturated rings. The second-order valence-corrected chi connectivity index (χ2v) is 4.27. The van der Waals surface area contributed by atoms with E-state index in [0.717, 1.165) is 0 Å². The maximum absolute atomic E-state index is 14.3. The van der Waals surface area contributed by atoms with Gasteiger partial charge in [-0.15, -0.1) is 0 Å². The molecular weight excluding hydrogens is 259 g/mol. The summed E-state index contributed by atoms with van der Waals surface area (Å²) in [7, 11) is 1.40. The fourth-order valence-electron chi connectivity index (χ4n) is 2.17. The number of H-pyrrole nitrogens is 1. The number of aromatic amines is 1. The number of hydrogen-bond donors (Lipinski definition) is 1. The Balaban J connectivity index is 2.36. The van der Waals surface area contributed by atoms with Crippen molar-refractivity contribution in [1.82, 2.24) is 10.2 Å². The summed E-state index contributed by atoms with van der Waals surface area (Å²) in [6.45, 7) is 0. The normalized spacial score (nSPS) is 10.7. The smallest absolute Gasteiger partial charge is 0.272 e. The molecule has 3 rings (SSSR count). The molecule has 0 bridgehead atoms. The van der Waals surface area contributed by atoms with Crippen LogP contribution < -0.4 is 10.3 Å². The molecule has 0 saturated heterocycles. The molecule has 4 nitrogen and oxygen atoms in total. The number of ether oxygens (including phenoxy) is 1. The van der Waals surface area contributed by atoms with Gasteiger partial charge < -0.3 is 4.74 Å². The Morgan fingerprint density at radius 1 is 1.10 bits per heavy atom. The molecule has 100 valence electrons. The SMILES string of the molecule is COc1cccc(-c2n[nH]c(=O)c3ccccc23)c1F. The molecule has 0 aliphatic rings. The van der Waals surface area contributed by atoms with E-state index in [-0.39, 0.29) is 16.9 Å². The van der Waals surface area contributed by atoms with Gasteiger partial charge in [0.1, 0.15) is 5.69 Å². The van der Waals surface area contributed by atoms with E-state index in [4.69, 9.17) is 4.74 Å². The molecule has 0 unspecified atom stereocenters. The number of nitrogens with one attached hydrogen (secondary N) is 1. The number of fused-ring (bicyclic) bond motifs is 1. The standard InChI is InChI=1S/C15H11FN2O2/c1-20-12-8-4-7-11(13(12)16)14-9-5-2-3-6-10(9)15(19)18-17-14/h2-8H,1H3,(H,18,19). The van der Waals surface area contributed by atoms with E-state index in [9.17, 15) is 9.18 Å². The quantitative estimate of drug-likeness (QED) is 0.779. The molecule has 1 N–H and O–H groups in total. The van der Waals surface area contributed by atoms with E-state index in [1.165, 1.54) is 13.2 Å². The number of nitrogens with zero attached hydrogens (tertiary/aromatic N) is 1. The van der Waals surface area contributed by atoms with Gasteiger partial charge in [0.05, 0.1) is 12.5 Å². The Hall–Kier alpha value is -2.69. The first-order valence-corrected chi connectivity index (χ1v) is 6.02. The fourth-order valence-corrected chi connectivity index (χ4v) is 2.17. The van der Waals surface area contributed by atoms with Crippen LogP contribution in [0.2, 0.25) is 0 Å². The van der Waals surface area contributed by atoms with Crippen molar-refractivity contribution in [3.63, 3.8) is 0 Å². The lowest BCUT2D eigenvalue weighted by Gasteiger charge is -2.08. The maximum atomic E-state index is 14.3. The summed E-state index contributed by atoms with van der Waals surface area (Å²) in [5, 5.41) is 7.45. The van der Waals surface area contributed by atoms with Crippen molar-refractivity contribution in [2.45, 2.75) is 0 Å². The third-order valence-corrected chi connectivity index (χ3v) is 3.13. The van der Waals surface area contributed by atoms with Crippen molar-refractivity contribution in [2.24, 2.45) is 0 Å². The molecule has 0 aliphatic carbocycles. The molecular formula is C15H11FN2O2. The van der Waals surface area contributed by atoms with Crippen molar-refractivity contribution < 1.29 is 9.13 Å². The number of halogens is 1. The van der Waals surface area contributed by atoms with E-state index in [1.807, 2.05) is 0 Å². The number of methoxy groups -OCH3 is 1. The first-order valence-electron chi connectivity index (χ1n) is 6.02. The highest BCUT2D eigenvalue weighted by molar-refractivity contribution is 5.93. The minimum atomic E-state index is -0.500. The summed E-state index contributed by atoms with van der Waals surface area (Å²) in [6, 6.07) is 11.8. The molecule has 0 spiro atoms. The van der Waals surface area contributed by atoms with Crippen LogP contribution >= 0.6 is 0 Å². The lowest BCUT2D eigenvalue weighted by molar-refractivity contribution is 0.387. The van der Waals surface area contributed by atoms with Crippen molar-refractivity contribution in [3.05, 3.63) is 58.6 Å². The van der Waals surface area contributed by atoms with Gasteiger partial charge in [-0.25, -0.2) is 9.49 Å². The third-order valence-electron chi connectivity index (χ3n) is 3.13. The van der Waals surface area contributed by atoms with Crippen LogP contribution in [0.3, 0.4) is 0 Å². The molecule has 2 aromatic carbocycles. The molecule has 1 heterocycles. The van der Waals surface area contributed by atoms with Gasteiger partial charge in [0.15, 0.2) is 11.6 Å². The van der Waals surface area contributed by atoms with E-state index in [0.29, 0.717) is 16.5 Å². The van der Waals surface area contributed by atoms with Crippen LogP contribution in [0.25, 0.3) is 22.0 Å². The number of benzene rings is 2. The topological polar surface area (TPSA) is 55.0 Å². The summed E-state index contributed by atoms with van der Waals surface area (Å²) in [5.41, 5.74) is 0.376. The van der Waals surface area contributed by atoms with Gasteiger partial charge in [0.25, 0.3) is 5.56 Å². The van der Waals surface area contributed by atoms with Gasteiger partial charge in [0.2, 0.25) is 0 Å². The van der Waals surface area contributed by atoms with Gasteiger partial charge >= 0.3 is 0 Å². The van der Waals surface area contributed by atoms with Crippen LogP contribution in [-0.2, 0) is 0 Å². The summed E-state index contributed by atoms with van der Waals surface area (Å²) in [4.78, 5) is 11.7. The number of hydrogen-bond acceptors (Lipinski definition) is 3. The lowest BCUT2D eigenvalue weighted by Crippen LogP contribution is -2.09. The first-order chi connectivity index (χ1) is 9.72. The minimum absolute atomic E-state index is 0.139. The van der Waals surface area contributed by atoms with Crippen LogP contribution in [-0.4, -0.2) is 17.3 Å². The Kier molecular flexibility index (Phi) is 2.95. The molecule has 1 aromatic heterocycles. The first kappa shape index (κ1) is 12.3. The predicted molar refractivity (Wildman–Crippen MR) is 74.3 cm³/mol. The molecule has 5 heteroatoms. The Morgan fingerprint density at radius 2 is 1.85 bits per heavy atom. The van der Waals surface area contributed by atoms with E-state index < -0.39 is 5.82 Å². The fraction of sp³-hybridized carbons (Fsp3) is 0.0667. The Labute approximate surface area is 113 Å². The summed E-state index contributed by atoms with van der Waals surface area (Å²) < 4.78 is 19.3. The summed E-state index contributed by atoms with van der Waals surface area (Å²) in [6.07, 6.45) is 0. The highest BCUT2D eigenvalue weighted by Crippen LogP contribution is 2.30. The van der Waals surface area contributed by atoms with Gasteiger partial charge in [0, 0.05) is 10.9 Å². The van der Waals surface area contributed by atoms with Gasteiger partial charge in [-0.05, 0) is 18.2 Å². The lowest BCUT2D eigenvalue weighted by atomic mass is 10.0. The second kappa shape index (κ2) is 4.77. The van der Waals surface area contributed by atoms with E-state index >= 15 is 0 Å². The highest BCUT2D eigenvalue weighted by Gasteiger charge is 2.15.